The highest BCUT2D eigenvalue weighted by Crippen LogP contribution is 2.20. The third kappa shape index (κ3) is 2.17. The van der Waals surface area contributed by atoms with E-state index in [0.717, 1.165) is 0 Å². The van der Waals surface area contributed by atoms with Crippen LogP contribution in [0.5, 0.6) is 0 Å². The molecule has 0 aliphatic rings. The third-order valence-corrected chi connectivity index (χ3v) is 2.49. The van der Waals surface area contributed by atoms with Gasteiger partial charge in [0.05, 0.1) is 29.5 Å². The molecule has 6 nitrogen and oxygen atoms in total. The average Bonchev–Trinajstić information content (AvgIpc) is 2.87. The van der Waals surface area contributed by atoms with Crippen LogP contribution in [0.1, 0.15) is 16.2 Å². The maximum Gasteiger partial charge on any atom is 0.377 e. The summed E-state index contributed by atoms with van der Waals surface area (Å²) in [7, 11) is 1.25. The quantitative estimate of drug-likeness (QED) is 0.768. The number of aromatic nitrogens is 3. The zero-order valence-corrected chi connectivity index (χ0v) is 10.0. The molecule has 7 heteroatoms. The van der Waals surface area contributed by atoms with Gasteiger partial charge in [0.1, 0.15) is 6.33 Å². The van der Waals surface area contributed by atoms with Crippen molar-refractivity contribution >= 4 is 17.6 Å². The van der Waals surface area contributed by atoms with E-state index in [4.69, 9.17) is 16.9 Å². The van der Waals surface area contributed by atoms with Gasteiger partial charge in [-0.1, -0.05) is 11.6 Å². The van der Waals surface area contributed by atoms with Crippen LogP contribution < -0.4 is 0 Å². The van der Waals surface area contributed by atoms with Gasteiger partial charge in [-0.05, 0) is 18.2 Å². The lowest BCUT2D eigenvalue weighted by Gasteiger charge is -2.02. The predicted octanol–water partition coefficient (Wildman–Crippen LogP) is 1.58. The molecule has 0 saturated carbocycles. The van der Waals surface area contributed by atoms with Crippen LogP contribution in [0.4, 0.5) is 0 Å². The number of benzene rings is 1. The maximum absolute atomic E-state index is 11.2. The van der Waals surface area contributed by atoms with Gasteiger partial charge < -0.3 is 4.74 Å². The standard InChI is InChI=1S/C11H7ClN4O2/c1-18-11(17)10-14-6-16(15-10)9-3-2-7(5-13)4-8(9)12/h2-4,6H,1H3. The molecule has 0 atom stereocenters. The van der Waals surface area contributed by atoms with Crippen molar-refractivity contribution in [2.24, 2.45) is 0 Å². The Morgan fingerprint density at radius 3 is 2.94 bits per heavy atom. The molecule has 1 aromatic carbocycles. The SMILES string of the molecule is COC(=O)c1ncn(-c2ccc(C#N)cc2Cl)n1. The number of methoxy groups -OCH3 is 1. The van der Waals surface area contributed by atoms with Crippen molar-refractivity contribution in [3.63, 3.8) is 0 Å². The molecule has 2 rings (SSSR count). The van der Waals surface area contributed by atoms with Gasteiger partial charge in [-0.3, -0.25) is 0 Å². The van der Waals surface area contributed by atoms with Crippen LogP contribution in [0.15, 0.2) is 24.5 Å². The van der Waals surface area contributed by atoms with E-state index in [1.54, 1.807) is 12.1 Å². The van der Waals surface area contributed by atoms with Crippen LogP contribution in [-0.4, -0.2) is 27.8 Å². The minimum atomic E-state index is -0.626. The van der Waals surface area contributed by atoms with E-state index in [1.165, 1.54) is 24.2 Å². The Morgan fingerprint density at radius 2 is 2.33 bits per heavy atom. The molecule has 0 spiro atoms. The molecule has 2 aromatic rings. The Hall–Kier alpha value is -2.39. The van der Waals surface area contributed by atoms with E-state index in [9.17, 15) is 4.79 Å². The smallest absolute Gasteiger partial charge is 0.377 e. The predicted molar refractivity (Wildman–Crippen MR) is 62.4 cm³/mol. The number of carbonyl (C=O) groups is 1. The summed E-state index contributed by atoms with van der Waals surface area (Å²) in [5.41, 5.74) is 0.968. The van der Waals surface area contributed by atoms with Crippen LogP contribution in [-0.2, 0) is 4.74 Å². The first kappa shape index (κ1) is 12.1. The lowest BCUT2D eigenvalue weighted by atomic mass is 10.2. The van der Waals surface area contributed by atoms with Gasteiger partial charge in [0, 0.05) is 0 Å². The first-order valence-electron chi connectivity index (χ1n) is 4.85. The highest BCUT2D eigenvalue weighted by Gasteiger charge is 2.13. The second-order valence-electron chi connectivity index (χ2n) is 3.28. The van der Waals surface area contributed by atoms with Gasteiger partial charge in [-0.15, -0.1) is 5.10 Å². The fraction of sp³-hybridized carbons (Fsp3) is 0.0909. The molecule has 0 aliphatic carbocycles. The molecule has 0 N–H and O–H groups in total. The monoisotopic (exact) mass is 262 g/mol. The molecule has 90 valence electrons. The summed E-state index contributed by atoms with van der Waals surface area (Å²) < 4.78 is 5.84. The minimum absolute atomic E-state index is 0.0575. The lowest BCUT2D eigenvalue weighted by molar-refractivity contribution is 0.0587. The number of hydrogen-bond donors (Lipinski definition) is 0. The Morgan fingerprint density at radius 1 is 1.56 bits per heavy atom. The van der Waals surface area contributed by atoms with E-state index in [0.29, 0.717) is 16.3 Å². The molecular formula is C11H7ClN4O2. The fourth-order valence-corrected chi connectivity index (χ4v) is 1.59. The van der Waals surface area contributed by atoms with E-state index in [2.05, 4.69) is 14.8 Å². The van der Waals surface area contributed by atoms with Crippen LogP contribution in [0.2, 0.25) is 5.02 Å². The summed E-state index contributed by atoms with van der Waals surface area (Å²) in [5.74, 6) is -0.684. The van der Waals surface area contributed by atoms with Crippen LogP contribution in [0.25, 0.3) is 5.69 Å². The summed E-state index contributed by atoms with van der Waals surface area (Å²) >= 11 is 6.01. The van der Waals surface area contributed by atoms with Crippen molar-refractivity contribution in [1.82, 2.24) is 14.8 Å². The highest BCUT2D eigenvalue weighted by molar-refractivity contribution is 6.32. The number of carbonyl (C=O) groups excluding carboxylic acids is 1. The van der Waals surface area contributed by atoms with E-state index in [-0.39, 0.29) is 5.82 Å². The van der Waals surface area contributed by atoms with Crippen LogP contribution >= 0.6 is 11.6 Å². The molecule has 0 fully saturated rings. The summed E-state index contributed by atoms with van der Waals surface area (Å²) in [5, 5.41) is 13.0. The van der Waals surface area contributed by atoms with E-state index >= 15 is 0 Å². The lowest BCUT2D eigenvalue weighted by Crippen LogP contribution is -2.05. The molecule has 0 amide bonds. The van der Waals surface area contributed by atoms with Gasteiger partial charge in [-0.2, -0.15) is 5.26 Å². The van der Waals surface area contributed by atoms with E-state index < -0.39 is 5.97 Å². The Bertz CT molecular complexity index is 645. The molecular weight excluding hydrogens is 256 g/mol. The first-order valence-corrected chi connectivity index (χ1v) is 5.23. The summed E-state index contributed by atoms with van der Waals surface area (Å²) in [4.78, 5) is 15.0. The third-order valence-electron chi connectivity index (χ3n) is 2.18. The fourth-order valence-electron chi connectivity index (χ4n) is 1.33. The molecule has 0 bridgehead atoms. The second-order valence-corrected chi connectivity index (χ2v) is 3.69. The van der Waals surface area contributed by atoms with Crippen molar-refractivity contribution in [2.75, 3.05) is 7.11 Å². The summed E-state index contributed by atoms with van der Waals surface area (Å²) in [6.07, 6.45) is 1.35. The van der Waals surface area contributed by atoms with Gasteiger partial charge in [-0.25, -0.2) is 14.5 Å². The van der Waals surface area contributed by atoms with Gasteiger partial charge >= 0.3 is 5.97 Å². The summed E-state index contributed by atoms with van der Waals surface area (Å²) in [6.45, 7) is 0. The van der Waals surface area contributed by atoms with Crippen molar-refractivity contribution in [2.45, 2.75) is 0 Å². The number of rotatable bonds is 2. The molecule has 0 aliphatic heterocycles. The van der Waals surface area contributed by atoms with Crippen molar-refractivity contribution in [3.05, 3.63) is 40.9 Å². The topological polar surface area (TPSA) is 80.8 Å². The normalized spacial score (nSPS) is 9.83. The number of nitriles is 1. The number of hydrogen-bond acceptors (Lipinski definition) is 5. The van der Waals surface area contributed by atoms with Crippen molar-refractivity contribution in [1.29, 1.82) is 5.26 Å². The van der Waals surface area contributed by atoms with Gasteiger partial charge in [0.25, 0.3) is 5.82 Å². The van der Waals surface area contributed by atoms with Gasteiger partial charge in [0.2, 0.25) is 0 Å². The number of ether oxygens (including phenoxy) is 1. The molecule has 0 radical (unpaired) electrons. The largest absolute Gasteiger partial charge is 0.463 e. The van der Waals surface area contributed by atoms with Crippen LogP contribution in [0, 0.1) is 11.3 Å². The van der Waals surface area contributed by atoms with E-state index in [1.807, 2.05) is 6.07 Å². The zero-order valence-electron chi connectivity index (χ0n) is 9.29. The molecule has 1 heterocycles. The zero-order chi connectivity index (χ0) is 13.1. The number of nitrogens with zero attached hydrogens (tertiary/aromatic N) is 4. The molecule has 0 saturated heterocycles. The molecule has 0 unspecified atom stereocenters. The van der Waals surface area contributed by atoms with Crippen molar-refractivity contribution < 1.29 is 9.53 Å². The first-order chi connectivity index (χ1) is 8.65. The Balaban J connectivity index is 2.41. The molecule has 1 aromatic heterocycles. The minimum Gasteiger partial charge on any atom is -0.463 e. The van der Waals surface area contributed by atoms with Gasteiger partial charge in [0.15, 0.2) is 0 Å². The number of esters is 1. The Labute approximate surface area is 107 Å². The highest BCUT2D eigenvalue weighted by atomic mass is 35.5. The molecule has 18 heavy (non-hydrogen) atoms. The number of halogens is 1. The average molecular weight is 263 g/mol. The van der Waals surface area contributed by atoms with Crippen LogP contribution in [0.3, 0.4) is 0 Å². The Kier molecular flexibility index (Phi) is 3.26. The maximum atomic E-state index is 11.2. The summed E-state index contributed by atoms with van der Waals surface area (Å²) in [6, 6.07) is 6.71. The second kappa shape index (κ2) is 4.85. The van der Waals surface area contributed by atoms with Crippen molar-refractivity contribution in [3.8, 4) is 11.8 Å².